The molecule has 6 nitrogen and oxygen atoms in total. The van der Waals surface area contributed by atoms with Crippen LogP contribution in [0.1, 0.15) is 20.8 Å². The Balaban J connectivity index is 1.75. The molecule has 0 spiro atoms. The van der Waals surface area contributed by atoms with E-state index in [1.807, 2.05) is 31.2 Å². The summed E-state index contributed by atoms with van der Waals surface area (Å²) in [4.78, 5) is 22.9. The van der Waals surface area contributed by atoms with Crippen molar-refractivity contribution in [3.63, 3.8) is 0 Å². The Morgan fingerprint density at radius 2 is 2.08 bits per heavy atom. The van der Waals surface area contributed by atoms with Crippen molar-refractivity contribution >= 4 is 39.2 Å². The third-order valence-corrected chi connectivity index (χ3v) is 4.47. The average Bonchev–Trinajstić information content (AvgIpc) is 2.98. The van der Waals surface area contributed by atoms with E-state index in [1.165, 1.54) is 23.5 Å². The third-order valence-electron chi connectivity index (χ3n) is 3.36. The van der Waals surface area contributed by atoms with Crippen molar-refractivity contribution < 1.29 is 9.72 Å². The lowest BCUT2D eigenvalue weighted by molar-refractivity contribution is -0.384. The predicted octanol–water partition coefficient (Wildman–Crippen LogP) is 3.88. The molecule has 1 aromatic heterocycles. The van der Waals surface area contributed by atoms with Gasteiger partial charge < -0.3 is 0 Å². The number of nitrogens with one attached hydrogen (secondary N) is 1. The van der Waals surface area contributed by atoms with Gasteiger partial charge in [-0.05, 0) is 24.6 Å². The van der Waals surface area contributed by atoms with Crippen molar-refractivity contribution in [3.05, 3.63) is 74.6 Å². The lowest BCUT2D eigenvalue weighted by Crippen LogP contribution is -2.16. The first-order valence-corrected chi connectivity index (χ1v) is 7.92. The van der Waals surface area contributed by atoms with Crippen LogP contribution in [0.5, 0.6) is 0 Å². The van der Waals surface area contributed by atoms with Gasteiger partial charge in [-0.1, -0.05) is 29.8 Å². The number of non-ortho nitro benzene ring substituents is 1. The molecule has 3 aromatic rings. The van der Waals surface area contributed by atoms with E-state index >= 15 is 0 Å². The molecule has 0 bridgehead atoms. The average molecular weight is 339 g/mol. The monoisotopic (exact) mass is 339 g/mol. The quantitative estimate of drug-likeness (QED) is 0.445. The van der Waals surface area contributed by atoms with E-state index in [1.54, 1.807) is 18.3 Å². The third kappa shape index (κ3) is 3.47. The molecule has 0 saturated heterocycles. The first kappa shape index (κ1) is 15.8. The molecule has 2 aromatic carbocycles. The summed E-state index contributed by atoms with van der Waals surface area (Å²) < 4.78 is 0.813. The summed E-state index contributed by atoms with van der Waals surface area (Å²) in [5.74, 6) is -0.345. The topological polar surface area (TPSA) is 84.6 Å². The molecule has 1 amide bonds. The molecule has 1 N–H and O–H groups in total. The van der Waals surface area contributed by atoms with Crippen molar-refractivity contribution in [1.29, 1.82) is 0 Å². The fourth-order valence-electron chi connectivity index (χ4n) is 2.23. The van der Waals surface area contributed by atoms with Gasteiger partial charge in [-0.25, -0.2) is 5.43 Å². The predicted molar refractivity (Wildman–Crippen MR) is 94.7 cm³/mol. The SMILES string of the molecule is Cc1cccc(/C=N\NC(=O)c2cc3cc([N+](=O)[O-])ccc3s2)c1. The van der Waals surface area contributed by atoms with Crippen molar-refractivity contribution in [2.45, 2.75) is 6.92 Å². The molecule has 1 heterocycles. The van der Waals surface area contributed by atoms with Gasteiger partial charge in [0.25, 0.3) is 11.6 Å². The highest BCUT2D eigenvalue weighted by atomic mass is 32.1. The van der Waals surface area contributed by atoms with Crippen LogP contribution < -0.4 is 5.43 Å². The molecular weight excluding hydrogens is 326 g/mol. The zero-order chi connectivity index (χ0) is 17.1. The number of carbonyl (C=O) groups excluding carboxylic acids is 1. The van der Waals surface area contributed by atoms with Crippen LogP contribution in [0, 0.1) is 17.0 Å². The number of amides is 1. The number of hydrazone groups is 1. The van der Waals surface area contributed by atoms with Crippen LogP contribution >= 0.6 is 11.3 Å². The lowest BCUT2D eigenvalue weighted by atomic mass is 10.2. The molecule has 120 valence electrons. The summed E-state index contributed by atoms with van der Waals surface area (Å²) in [6.45, 7) is 1.98. The van der Waals surface area contributed by atoms with Gasteiger partial charge in [0.2, 0.25) is 0 Å². The molecule has 0 aliphatic carbocycles. The van der Waals surface area contributed by atoms with Gasteiger partial charge in [0.15, 0.2) is 0 Å². The minimum Gasteiger partial charge on any atom is -0.266 e. The second kappa shape index (κ2) is 6.59. The van der Waals surface area contributed by atoms with Crippen LogP contribution in [0.25, 0.3) is 10.1 Å². The molecule has 7 heteroatoms. The van der Waals surface area contributed by atoms with Crippen LogP contribution in [-0.4, -0.2) is 17.0 Å². The first-order chi connectivity index (χ1) is 11.5. The Morgan fingerprint density at radius 1 is 1.25 bits per heavy atom. The van der Waals surface area contributed by atoms with Crippen molar-refractivity contribution in [1.82, 2.24) is 5.43 Å². The summed E-state index contributed by atoms with van der Waals surface area (Å²) in [5, 5.41) is 15.4. The maximum absolute atomic E-state index is 12.1. The zero-order valence-corrected chi connectivity index (χ0v) is 13.5. The zero-order valence-electron chi connectivity index (χ0n) is 12.7. The van der Waals surface area contributed by atoms with Crippen LogP contribution in [0.4, 0.5) is 5.69 Å². The van der Waals surface area contributed by atoms with Gasteiger partial charge in [-0.2, -0.15) is 5.10 Å². The molecule has 0 fully saturated rings. The Hall–Kier alpha value is -3.06. The molecule has 0 aliphatic heterocycles. The summed E-state index contributed by atoms with van der Waals surface area (Å²) in [6, 6.07) is 13.9. The highest BCUT2D eigenvalue weighted by Gasteiger charge is 2.12. The second-order valence-corrected chi connectivity index (χ2v) is 6.29. The van der Waals surface area contributed by atoms with Crippen LogP contribution in [0.3, 0.4) is 0 Å². The van der Waals surface area contributed by atoms with E-state index in [2.05, 4.69) is 10.5 Å². The Labute approximate surface area is 141 Å². The highest BCUT2D eigenvalue weighted by Crippen LogP contribution is 2.28. The minimum absolute atomic E-state index is 0.00438. The van der Waals surface area contributed by atoms with E-state index in [0.29, 0.717) is 10.3 Å². The second-order valence-electron chi connectivity index (χ2n) is 5.20. The molecule has 3 rings (SSSR count). The van der Waals surface area contributed by atoms with Gasteiger partial charge in [-0.15, -0.1) is 11.3 Å². The number of nitrogens with zero attached hydrogens (tertiary/aromatic N) is 2. The largest absolute Gasteiger partial charge is 0.281 e. The van der Waals surface area contributed by atoms with E-state index < -0.39 is 4.92 Å². The number of hydrogen-bond acceptors (Lipinski definition) is 5. The van der Waals surface area contributed by atoms with E-state index in [0.717, 1.165) is 15.8 Å². The van der Waals surface area contributed by atoms with Crippen LogP contribution in [0.2, 0.25) is 0 Å². The van der Waals surface area contributed by atoms with E-state index in [4.69, 9.17) is 0 Å². The summed E-state index contributed by atoms with van der Waals surface area (Å²) >= 11 is 1.27. The number of thiophene rings is 1. The summed E-state index contributed by atoms with van der Waals surface area (Å²) in [7, 11) is 0. The number of fused-ring (bicyclic) bond motifs is 1. The number of benzene rings is 2. The number of carbonyl (C=O) groups is 1. The molecule has 0 unspecified atom stereocenters. The summed E-state index contributed by atoms with van der Waals surface area (Å²) in [6.07, 6.45) is 1.57. The minimum atomic E-state index is -0.455. The molecular formula is C17H13N3O3S. The maximum Gasteiger partial charge on any atom is 0.281 e. The van der Waals surface area contributed by atoms with E-state index in [9.17, 15) is 14.9 Å². The normalized spacial score (nSPS) is 11.0. The van der Waals surface area contributed by atoms with Crippen molar-refractivity contribution in [3.8, 4) is 0 Å². The standard InChI is InChI=1S/C17H13N3O3S/c1-11-3-2-4-12(7-11)10-18-19-17(21)16-9-13-8-14(20(22)23)5-6-15(13)24-16/h2-10H,1H3,(H,19,21)/b18-10-. The molecule has 0 saturated carbocycles. The maximum atomic E-state index is 12.1. The fourth-order valence-corrected chi connectivity index (χ4v) is 3.16. The van der Waals surface area contributed by atoms with Crippen LogP contribution in [0.15, 0.2) is 53.6 Å². The smallest absolute Gasteiger partial charge is 0.266 e. The number of nitro benzene ring substituents is 1. The number of rotatable bonds is 4. The highest BCUT2D eigenvalue weighted by molar-refractivity contribution is 7.20. The Bertz CT molecular complexity index is 963. The van der Waals surface area contributed by atoms with Gasteiger partial charge in [0.1, 0.15) is 0 Å². The van der Waals surface area contributed by atoms with Crippen molar-refractivity contribution in [2.75, 3.05) is 0 Å². The van der Waals surface area contributed by atoms with Gasteiger partial charge >= 0.3 is 0 Å². The van der Waals surface area contributed by atoms with Crippen LogP contribution in [-0.2, 0) is 0 Å². The Morgan fingerprint density at radius 3 is 2.83 bits per heavy atom. The van der Waals surface area contributed by atoms with Crippen molar-refractivity contribution in [2.24, 2.45) is 5.10 Å². The van der Waals surface area contributed by atoms with Gasteiger partial charge in [-0.3, -0.25) is 14.9 Å². The Kier molecular flexibility index (Phi) is 4.35. The summed E-state index contributed by atoms with van der Waals surface area (Å²) in [5.41, 5.74) is 4.48. The molecule has 0 atom stereocenters. The lowest BCUT2D eigenvalue weighted by Gasteiger charge is -1.97. The number of hydrogen-bond donors (Lipinski definition) is 1. The number of aryl methyl sites for hydroxylation is 1. The first-order valence-electron chi connectivity index (χ1n) is 7.11. The molecule has 24 heavy (non-hydrogen) atoms. The van der Waals surface area contributed by atoms with Gasteiger partial charge in [0, 0.05) is 22.2 Å². The van der Waals surface area contributed by atoms with E-state index in [-0.39, 0.29) is 11.6 Å². The van der Waals surface area contributed by atoms with Gasteiger partial charge in [0.05, 0.1) is 16.0 Å². The fraction of sp³-hybridized carbons (Fsp3) is 0.0588. The number of nitro groups is 1. The molecule has 0 aliphatic rings. The molecule has 0 radical (unpaired) electrons.